The van der Waals surface area contributed by atoms with Gasteiger partial charge in [0.05, 0.1) is 5.60 Å². The minimum absolute atomic E-state index is 0.351. The molecule has 0 atom stereocenters. The molecule has 2 heteroatoms. The van der Waals surface area contributed by atoms with Gasteiger partial charge in [-0.25, -0.2) is 0 Å². The first-order chi connectivity index (χ1) is 8.74. The Balaban J connectivity index is 1.45. The first kappa shape index (κ1) is 11.7. The van der Waals surface area contributed by atoms with Crippen molar-refractivity contribution in [1.82, 2.24) is 5.32 Å². The van der Waals surface area contributed by atoms with E-state index in [1.807, 2.05) is 0 Å². The van der Waals surface area contributed by atoms with Gasteiger partial charge in [0.15, 0.2) is 0 Å². The molecule has 5 rings (SSSR count). The normalized spacial score (nSPS) is 51.2. The van der Waals surface area contributed by atoms with Crippen LogP contribution >= 0.6 is 0 Å². The van der Waals surface area contributed by atoms with Crippen LogP contribution in [0.5, 0.6) is 0 Å². The van der Waals surface area contributed by atoms with Crippen LogP contribution < -0.4 is 5.32 Å². The maximum absolute atomic E-state index is 11.2. The van der Waals surface area contributed by atoms with Crippen LogP contribution in [-0.2, 0) is 0 Å². The second kappa shape index (κ2) is 4.21. The van der Waals surface area contributed by atoms with Gasteiger partial charge in [0.2, 0.25) is 0 Å². The number of rotatable bonds is 3. The van der Waals surface area contributed by atoms with Gasteiger partial charge in [-0.1, -0.05) is 12.8 Å². The molecule has 5 fully saturated rings. The topological polar surface area (TPSA) is 32.3 Å². The molecule has 4 bridgehead atoms. The van der Waals surface area contributed by atoms with Gasteiger partial charge < -0.3 is 10.4 Å². The molecule has 0 heterocycles. The Labute approximate surface area is 111 Å². The SMILES string of the molecule is OC1(CNC2CCCC2)C2CC3CC(C2)CC1C3. The highest BCUT2D eigenvalue weighted by molar-refractivity contribution is 5.08. The monoisotopic (exact) mass is 249 g/mol. The summed E-state index contributed by atoms with van der Waals surface area (Å²) >= 11 is 0. The molecule has 5 aliphatic carbocycles. The van der Waals surface area contributed by atoms with E-state index < -0.39 is 0 Å². The molecule has 2 N–H and O–H groups in total. The van der Waals surface area contributed by atoms with Crippen LogP contribution in [0, 0.1) is 23.7 Å². The third-order valence-corrected chi connectivity index (χ3v) is 6.58. The summed E-state index contributed by atoms with van der Waals surface area (Å²) in [6.07, 6.45) is 12.2. The van der Waals surface area contributed by atoms with Gasteiger partial charge in [0, 0.05) is 12.6 Å². The Bertz CT molecular complexity index is 293. The average molecular weight is 249 g/mol. The fourth-order valence-electron chi connectivity index (χ4n) is 5.73. The standard InChI is InChI=1S/C16H27NO/c18-16(10-17-15-3-1-2-4-15)13-6-11-5-12(8-13)9-14(16)7-11/h11-15,17-18H,1-10H2. The van der Waals surface area contributed by atoms with Crippen LogP contribution in [0.4, 0.5) is 0 Å². The van der Waals surface area contributed by atoms with E-state index in [2.05, 4.69) is 5.32 Å². The van der Waals surface area contributed by atoms with Crippen molar-refractivity contribution in [3.63, 3.8) is 0 Å². The molecule has 2 nitrogen and oxygen atoms in total. The van der Waals surface area contributed by atoms with Crippen molar-refractivity contribution >= 4 is 0 Å². The van der Waals surface area contributed by atoms with E-state index in [1.165, 1.54) is 57.8 Å². The van der Waals surface area contributed by atoms with E-state index in [4.69, 9.17) is 0 Å². The predicted octanol–water partition coefficient (Wildman–Crippen LogP) is 2.71. The molecule has 0 aromatic rings. The predicted molar refractivity (Wildman–Crippen MR) is 72.3 cm³/mol. The third-order valence-electron chi connectivity index (χ3n) is 6.58. The van der Waals surface area contributed by atoms with Gasteiger partial charge >= 0.3 is 0 Å². The quantitative estimate of drug-likeness (QED) is 0.806. The van der Waals surface area contributed by atoms with Crippen LogP contribution in [0.15, 0.2) is 0 Å². The van der Waals surface area contributed by atoms with Gasteiger partial charge in [-0.3, -0.25) is 0 Å². The smallest absolute Gasteiger partial charge is 0.0827 e. The highest BCUT2D eigenvalue weighted by Gasteiger charge is 2.56. The fourth-order valence-corrected chi connectivity index (χ4v) is 5.73. The number of aliphatic hydroxyl groups is 1. The lowest BCUT2D eigenvalue weighted by Gasteiger charge is -2.59. The van der Waals surface area contributed by atoms with Crippen molar-refractivity contribution in [2.24, 2.45) is 23.7 Å². The second-order valence-corrected chi connectivity index (χ2v) is 7.66. The highest BCUT2D eigenvalue weighted by Crippen LogP contribution is 2.58. The summed E-state index contributed by atoms with van der Waals surface area (Å²) in [5.41, 5.74) is -0.351. The summed E-state index contributed by atoms with van der Waals surface area (Å²) in [7, 11) is 0. The van der Waals surface area contributed by atoms with Crippen molar-refractivity contribution in [2.45, 2.75) is 69.4 Å². The molecule has 0 amide bonds. The van der Waals surface area contributed by atoms with Crippen LogP contribution in [0.1, 0.15) is 57.8 Å². The molecule has 0 aromatic carbocycles. The van der Waals surface area contributed by atoms with E-state index in [1.54, 1.807) is 0 Å². The summed E-state index contributed by atoms with van der Waals surface area (Å²) in [6.45, 7) is 0.881. The van der Waals surface area contributed by atoms with Gasteiger partial charge in [0.25, 0.3) is 0 Å². The van der Waals surface area contributed by atoms with Gasteiger partial charge in [-0.15, -0.1) is 0 Å². The van der Waals surface area contributed by atoms with Gasteiger partial charge in [-0.2, -0.15) is 0 Å². The van der Waals surface area contributed by atoms with E-state index in [-0.39, 0.29) is 5.60 Å². The Morgan fingerprint density at radius 3 is 2.00 bits per heavy atom. The summed E-state index contributed by atoms with van der Waals surface area (Å²) < 4.78 is 0. The zero-order valence-corrected chi connectivity index (χ0v) is 11.4. The van der Waals surface area contributed by atoms with Crippen molar-refractivity contribution in [3.05, 3.63) is 0 Å². The molecular formula is C16H27NO. The van der Waals surface area contributed by atoms with E-state index >= 15 is 0 Å². The lowest BCUT2D eigenvalue weighted by Crippen LogP contribution is -2.62. The lowest BCUT2D eigenvalue weighted by atomic mass is 9.50. The van der Waals surface area contributed by atoms with Crippen LogP contribution in [0.2, 0.25) is 0 Å². The van der Waals surface area contributed by atoms with Gasteiger partial charge in [-0.05, 0) is 68.6 Å². The second-order valence-electron chi connectivity index (χ2n) is 7.66. The first-order valence-electron chi connectivity index (χ1n) is 8.20. The summed E-state index contributed by atoms with van der Waals surface area (Å²) in [5.74, 6) is 3.14. The highest BCUT2D eigenvalue weighted by atomic mass is 16.3. The van der Waals surface area contributed by atoms with Crippen molar-refractivity contribution in [1.29, 1.82) is 0 Å². The summed E-state index contributed by atoms with van der Waals surface area (Å²) in [4.78, 5) is 0. The first-order valence-corrected chi connectivity index (χ1v) is 8.20. The van der Waals surface area contributed by atoms with E-state index in [9.17, 15) is 5.11 Å². The summed E-state index contributed by atoms with van der Waals surface area (Å²) in [6, 6.07) is 0.700. The molecule has 0 saturated heterocycles. The molecule has 102 valence electrons. The van der Waals surface area contributed by atoms with Crippen molar-refractivity contribution in [2.75, 3.05) is 6.54 Å². The Kier molecular flexibility index (Phi) is 2.74. The zero-order valence-electron chi connectivity index (χ0n) is 11.4. The van der Waals surface area contributed by atoms with Crippen LogP contribution in [0.25, 0.3) is 0 Å². The average Bonchev–Trinajstić information content (AvgIpc) is 2.86. The minimum Gasteiger partial charge on any atom is -0.388 e. The Hall–Kier alpha value is -0.0800. The molecule has 0 unspecified atom stereocenters. The van der Waals surface area contributed by atoms with Crippen molar-refractivity contribution < 1.29 is 5.11 Å². The van der Waals surface area contributed by atoms with Crippen molar-refractivity contribution in [3.8, 4) is 0 Å². The van der Waals surface area contributed by atoms with Crippen LogP contribution in [0.3, 0.4) is 0 Å². The minimum atomic E-state index is -0.351. The number of hydrogen-bond donors (Lipinski definition) is 2. The van der Waals surface area contributed by atoms with Crippen LogP contribution in [-0.4, -0.2) is 23.3 Å². The maximum Gasteiger partial charge on any atom is 0.0827 e. The van der Waals surface area contributed by atoms with E-state index in [0.29, 0.717) is 17.9 Å². The molecule has 0 aliphatic heterocycles. The van der Waals surface area contributed by atoms with Gasteiger partial charge in [0.1, 0.15) is 0 Å². The fraction of sp³-hybridized carbons (Fsp3) is 1.00. The largest absolute Gasteiger partial charge is 0.388 e. The third kappa shape index (κ3) is 1.76. The molecule has 0 spiro atoms. The Morgan fingerprint density at radius 2 is 1.44 bits per heavy atom. The molecule has 5 saturated carbocycles. The lowest BCUT2D eigenvalue weighted by molar-refractivity contribution is -0.170. The molecular weight excluding hydrogens is 222 g/mol. The Morgan fingerprint density at radius 1 is 0.889 bits per heavy atom. The molecule has 0 aromatic heterocycles. The number of nitrogens with one attached hydrogen (secondary N) is 1. The molecule has 0 radical (unpaired) electrons. The summed E-state index contributed by atoms with van der Waals surface area (Å²) in [5, 5.41) is 14.9. The number of hydrogen-bond acceptors (Lipinski definition) is 2. The van der Waals surface area contributed by atoms with E-state index in [0.717, 1.165) is 18.4 Å². The maximum atomic E-state index is 11.2. The zero-order chi connectivity index (χ0) is 12.2. The molecule has 18 heavy (non-hydrogen) atoms. The molecule has 5 aliphatic rings.